The summed E-state index contributed by atoms with van der Waals surface area (Å²) in [5.74, 6) is 1.17. The van der Waals surface area contributed by atoms with E-state index in [1.54, 1.807) is 23.1 Å². The number of hydrogen-bond donors (Lipinski definition) is 2. The number of para-hydroxylation sites is 1. The number of aliphatic hydroxyl groups is 1. The van der Waals surface area contributed by atoms with Crippen LogP contribution in [0, 0.1) is 6.92 Å². The maximum Gasteiger partial charge on any atom is 0.410 e. The number of aromatic nitrogens is 2. The number of amides is 1. The van der Waals surface area contributed by atoms with Crippen molar-refractivity contribution in [1.29, 1.82) is 0 Å². The third kappa shape index (κ3) is 4.36. The van der Waals surface area contributed by atoms with Crippen LogP contribution in [-0.2, 0) is 9.47 Å². The van der Waals surface area contributed by atoms with Crippen LogP contribution in [0.5, 0.6) is 5.75 Å². The maximum absolute atomic E-state index is 12.7. The van der Waals surface area contributed by atoms with Gasteiger partial charge in [-0.05, 0) is 36.8 Å². The number of ether oxygens (including phenoxy) is 2. The van der Waals surface area contributed by atoms with Crippen LogP contribution in [0.4, 0.5) is 10.6 Å². The van der Waals surface area contributed by atoms with Gasteiger partial charge in [0.2, 0.25) is 0 Å². The van der Waals surface area contributed by atoms with Crippen molar-refractivity contribution in [1.82, 2.24) is 14.9 Å². The highest BCUT2D eigenvalue weighted by Gasteiger charge is 2.33. The fourth-order valence-electron chi connectivity index (χ4n) is 4.50. The van der Waals surface area contributed by atoms with Gasteiger partial charge in [0.25, 0.3) is 0 Å². The Morgan fingerprint density at radius 1 is 1.21 bits per heavy atom. The monoisotopic (exact) mass is 464 g/mol. The molecule has 2 unspecified atom stereocenters. The molecule has 2 aromatic carbocycles. The molecule has 9 heteroatoms. The number of hydrogen-bond acceptors (Lipinski definition) is 8. The number of carbonyl (C=O) groups excluding carboxylic acids is 1. The Hall–Kier alpha value is -3.43. The van der Waals surface area contributed by atoms with Gasteiger partial charge < -0.3 is 29.5 Å². The topological polar surface area (TPSA) is 108 Å². The molecule has 3 aromatic rings. The molecule has 2 aliphatic rings. The summed E-state index contributed by atoms with van der Waals surface area (Å²) in [6, 6.07) is 12.6. The van der Waals surface area contributed by atoms with Gasteiger partial charge in [0, 0.05) is 31.4 Å². The van der Waals surface area contributed by atoms with Gasteiger partial charge in [-0.25, -0.2) is 14.8 Å². The van der Waals surface area contributed by atoms with Crippen LogP contribution >= 0.6 is 0 Å². The smallest absolute Gasteiger partial charge is 0.410 e. The van der Waals surface area contributed by atoms with Gasteiger partial charge in [-0.3, -0.25) is 0 Å². The Morgan fingerprint density at radius 3 is 2.82 bits per heavy atom. The molecule has 1 aromatic heterocycles. The van der Waals surface area contributed by atoms with Gasteiger partial charge >= 0.3 is 6.09 Å². The Bertz CT molecular complexity index is 1200. The number of nitrogens with zero attached hydrogens (tertiary/aromatic N) is 4. The summed E-state index contributed by atoms with van der Waals surface area (Å²) in [6.07, 6.45) is 0.108. The minimum atomic E-state index is -0.383. The molecule has 2 atom stereocenters. The molecule has 2 aliphatic heterocycles. The van der Waals surface area contributed by atoms with Gasteiger partial charge in [-0.2, -0.15) is 0 Å². The second-order valence-corrected chi connectivity index (χ2v) is 8.75. The van der Waals surface area contributed by atoms with Crippen LogP contribution in [0.1, 0.15) is 12.0 Å². The maximum atomic E-state index is 12.7. The first kappa shape index (κ1) is 22.4. The standard InChI is InChI=1S/C25H28N4O5/c1-16-6-7-19-21(12-16)26-23(20-4-2-3-5-22(20)31)27-24(19)29-10-9-28(13-17(29)14-30)25(32)34-18-8-11-33-15-18/h2-7,12,17-18,30-31H,8-11,13-15H2,1H3. The molecule has 9 nitrogen and oxygen atoms in total. The summed E-state index contributed by atoms with van der Waals surface area (Å²) < 4.78 is 10.9. The van der Waals surface area contributed by atoms with Crippen molar-refractivity contribution in [2.45, 2.75) is 25.5 Å². The zero-order valence-corrected chi connectivity index (χ0v) is 19.1. The van der Waals surface area contributed by atoms with Gasteiger partial charge in [-0.15, -0.1) is 0 Å². The number of piperazine rings is 1. The number of fused-ring (bicyclic) bond motifs is 1. The number of rotatable bonds is 4. The molecule has 5 rings (SSSR count). The SMILES string of the molecule is Cc1ccc2c(N3CCN(C(=O)OC4CCOC4)CC3CO)nc(-c3ccccc3O)nc2c1. The summed E-state index contributed by atoms with van der Waals surface area (Å²) in [5, 5.41) is 21.5. The highest BCUT2D eigenvalue weighted by Crippen LogP contribution is 2.33. The van der Waals surface area contributed by atoms with Crippen molar-refractivity contribution in [2.24, 2.45) is 0 Å². The van der Waals surface area contributed by atoms with E-state index in [-0.39, 0.29) is 30.6 Å². The van der Waals surface area contributed by atoms with Crippen molar-refractivity contribution >= 4 is 22.8 Å². The molecule has 3 heterocycles. The quantitative estimate of drug-likeness (QED) is 0.607. The summed E-state index contributed by atoms with van der Waals surface area (Å²) in [6.45, 7) is 4.10. The predicted octanol–water partition coefficient (Wildman–Crippen LogP) is 2.72. The zero-order valence-electron chi connectivity index (χ0n) is 19.1. The fraction of sp³-hybridized carbons (Fsp3) is 0.400. The lowest BCUT2D eigenvalue weighted by Gasteiger charge is -2.41. The van der Waals surface area contributed by atoms with Gasteiger partial charge in [0.15, 0.2) is 5.82 Å². The van der Waals surface area contributed by atoms with Crippen molar-refractivity contribution < 1.29 is 24.5 Å². The Labute approximate surface area is 197 Å². The van der Waals surface area contributed by atoms with E-state index in [1.807, 2.05) is 36.1 Å². The summed E-state index contributed by atoms with van der Waals surface area (Å²) in [7, 11) is 0. The first-order chi connectivity index (χ1) is 16.5. The molecule has 34 heavy (non-hydrogen) atoms. The summed E-state index contributed by atoms with van der Waals surface area (Å²) in [4.78, 5) is 25.9. The summed E-state index contributed by atoms with van der Waals surface area (Å²) in [5.41, 5.74) is 2.35. The number of benzene rings is 2. The van der Waals surface area contributed by atoms with E-state index in [0.717, 1.165) is 16.5 Å². The molecule has 2 fully saturated rings. The molecule has 0 saturated carbocycles. The zero-order chi connectivity index (χ0) is 23.7. The minimum Gasteiger partial charge on any atom is -0.507 e. The Kier molecular flexibility index (Phi) is 6.21. The molecule has 2 saturated heterocycles. The second kappa shape index (κ2) is 9.44. The lowest BCUT2D eigenvalue weighted by molar-refractivity contribution is 0.0477. The number of anilines is 1. The first-order valence-corrected chi connectivity index (χ1v) is 11.5. The molecule has 0 spiro atoms. The van der Waals surface area contributed by atoms with E-state index in [2.05, 4.69) is 0 Å². The molecule has 0 bridgehead atoms. The second-order valence-electron chi connectivity index (χ2n) is 8.75. The van der Waals surface area contributed by atoms with E-state index >= 15 is 0 Å². The van der Waals surface area contributed by atoms with Crippen molar-refractivity contribution in [3.05, 3.63) is 48.0 Å². The number of phenols is 1. The van der Waals surface area contributed by atoms with Gasteiger partial charge in [-0.1, -0.05) is 18.2 Å². The first-order valence-electron chi connectivity index (χ1n) is 11.5. The molecular formula is C25H28N4O5. The number of phenolic OH excluding ortho intramolecular Hbond substituents is 1. The molecule has 0 aliphatic carbocycles. The van der Waals surface area contributed by atoms with Gasteiger partial charge in [0.1, 0.15) is 17.7 Å². The summed E-state index contributed by atoms with van der Waals surface area (Å²) >= 11 is 0. The molecule has 2 N–H and O–H groups in total. The average Bonchev–Trinajstić information content (AvgIpc) is 3.36. The molecule has 1 amide bonds. The largest absolute Gasteiger partial charge is 0.507 e. The highest BCUT2D eigenvalue weighted by molar-refractivity contribution is 5.92. The van der Waals surface area contributed by atoms with Crippen LogP contribution in [0.2, 0.25) is 0 Å². The fourth-order valence-corrected chi connectivity index (χ4v) is 4.50. The molecular weight excluding hydrogens is 436 g/mol. The number of carbonyl (C=O) groups is 1. The third-order valence-electron chi connectivity index (χ3n) is 6.36. The lowest BCUT2D eigenvalue weighted by atomic mass is 10.1. The Morgan fingerprint density at radius 2 is 2.06 bits per heavy atom. The van der Waals surface area contributed by atoms with Crippen molar-refractivity contribution in [2.75, 3.05) is 44.4 Å². The lowest BCUT2D eigenvalue weighted by Crippen LogP contribution is -2.57. The van der Waals surface area contributed by atoms with Crippen LogP contribution < -0.4 is 4.90 Å². The number of aliphatic hydroxyl groups excluding tert-OH is 1. The highest BCUT2D eigenvalue weighted by atomic mass is 16.6. The van der Waals surface area contributed by atoms with E-state index in [1.165, 1.54) is 0 Å². The number of aryl methyl sites for hydroxylation is 1. The van der Waals surface area contributed by atoms with Crippen molar-refractivity contribution in [3.63, 3.8) is 0 Å². The van der Waals surface area contributed by atoms with E-state index in [4.69, 9.17) is 19.4 Å². The van der Waals surface area contributed by atoms with Crippen LogP contribution in [0.3, 0.4) is 0 Å². The number of aromatic hydroxyl groups is 1. The Balaban J connectivity index is 1.48. The van der Waals surface area contributed by atoms with Crippen LogP contribution in [-0.4, -0.2) is 82.8 Å². The van der Waals surface area contributed by atoms with Crippen LogP contribution in [0.15, 0.2) is 42.5 Å². The van der Waals surface area contributed by atoms with Crippen LogP contribution in [0.25, 0.3) is 22.3 Å². The van der Waals surface area contributed by atoms with E-state index < -0.39 is 0 Å². The third-order valence-corrected chi connectivity index (χ3v) is 6.36. The average molecular weight is 465 g/mol. The molecule has 0 radical (unpaired) electrons. The molecule has 178 valence electrons. The van der Waals surface area contributed by atoms with E-state index in [9.17, 15) is 15.0 Å². The minimum absolute atomic E-state index is 0.0996. The normalized spacial score (nSPS) is 20.6. The van der Waals surface area contributed by atoms with Gasteiger partial charge in [0.05, 0.1) is 36.9 Å². The van der Waals surface area contributed by atoms with E-state index in [0.29, 0.717) is 56.5 Å². The van der Waals surface area contributed by atoms with Crippen molar-refractivity contribution in [3.8, 4) is 17.1 Å². The predicted molar refractivity (Wildman–Crippen MR) is 127 cm³/mol.